The summed E-state index contributed by atoms with van der Waals surface area (Å²) in [5.74, 6) is 0. The van der Waals surface area contributed by atoms with Gasteiger partial charge in [-0.05, 0) is 18.2 Å². The Bertz CT molecular complexity index is 1330. The number of pyridine rings is 1. The normalized spacial score (nSPS) is 23.8. The first-order valence-corrected chi connectivity index (χ1v) is 13.9. The number of nitrogens with one attached hydrogen (secondary N) is 1. The summed E-state index contributed by atoms with van der Waals surface area (Å²) in [4.78, 5) is 14.2. The highest BCUT2D eigenvalue weighted by Gasteiger charge is 2.31. The van der Waals surface area contributed by atoms with Crippen molar-refractivity contribution in [1.82, 2.24) is 19.3 Å². The van der Waals surface area contributed by atoms with Crippen molar-refractivity contribution in [2.24, 2.45) is 0 Å². The van der Waals surface area contributed by atoms with Gasteiger partial charge in [-0.25, -0.2) is 13.4 Å². The molecule has 0 bridgehead atoms. The number of hydrogen-bond acceptors (Lipinski definition) is 9. The molecule has 3 aromatic rings. The van der Waals surface area contributed by atoms with Gasteiger partial charge in [-0.15, -0.1) is 0 Å². The Morgan fingerprint density at radius 2 is 1.92 bits per heavy atom. The summed E-state index contributed by atoms with van der Waals surface area (Å²) < 4.78 is 36.2. The first kappa shape index (κ1) is 25.2. The zero-order chi connectivity index (χ0) is 25.4. The highest BCUT2D eigenvalue weighted by molar-refractivity contribution is 7.88. The number of nitrogens with zero attached hydrogens (tertiary/aromatic N) is 4. The van der Waals surface area contributed by atoms with Gasteiger partial charge in [0, 0.05) is 43.9 Å². The number of ether oxygens (including phenoxy) is 2. The average molecular weight is 538 g/mol. The quantitative estimate of drug-likeness (QED) is 0.423. The van der Waals surface area contributed by atoms with E-state index in [2.05, 4.69) is 19.9 Å². The first-order chi connectivity index (χ1) is 17.2. The van der Waals surface area contributed by atoms with E-state index < -0.39 is 28.3 Å². The van der Waals surface area contributed by atoms with E-state index in [0.717, 1.165) is 11.3 Å². The number of imidazole rings is 1. The number of halogens is 1. The predicted octanol–water partition coefficient (Wildman–Crippen LogP) is 1.25. The van der Waals surface area contributed by atoms with Crippen molar-refractivity contribution in [2.75, 3.05) is 50.5 Å². The van der Waals surface area contributed by atoms with E-state index in [9.17, 15) is 18.6 Å². The predicted molar refractivity (Wildman–Crippen MR) is 135 cm³/mol. The Kier molecular flexibility index (Phi) is 7.07. The van der Waals surface area contributed by atoms with Gasteiger partial charge in [0.05, 0.1) is 41.8 Å². The molecule has 0 amide bonds. The summed E-state index contributed by atoms with van der Waals surface area (Å²) in [5, 5.41) is 19.7. The van der Waals surface area contributed by atoms with Gasteiger partial charge in [0.1, 0.15) is 12.2 Å². The molecule has 36 heavy (non-hydrogen) atoms. The van der Waals surface area contributed by atoms with E-state index in [1.807, 2.05) is 24.3 Å². The van der Waals surface area contributed by atoms with Crippen molar-refractivity contribution in [2.45, 2.75) is 24.7 Å². The van der Waals surface area contributed by atoms with Crippen molar-refractivity contribution >= 4 is 38.5 Å². The molecule has 11 nitrogen and oxygen atoms in total. The lowest BCUT2D eigenvalue weighted by atomic mass is 10.0. The van der Waals surface area contributed by atoms with Crippen LogP contribution in [0, 0.1) is 0 Å². The molecule has 4 heterocycles. The molecule has 13 heteroatoms. The fourth-order valence-electron chi connectivity index (χ4n) is 4.51. The second-order valence-electron chi connectivity index (χ2n) is 9.03. The second-order valence-corrected chi connectivity index (χ2v) is 11.4. The number of fused-ring (bicyclic) bond motifs is 1. The third kappa shape index (κ3) is 5.29. The number of rotatable bonds is 6. The third-order valence-corrected chi connectivity index (χ3v) is 8.10. The Morgan fingerprint density at radius 3 is 2.56 bits per heavy atom. The number of aromatic amines is 1. The van der Waals surface area contributed by atoms with Crippen LogP contribution in [0.2, 0.25) is 5.02 Å². The number of piperazine rings is 1. The van der Waals surface area contributed by atoms with Gasteiger partial charge in [0.25, 0.3) is 6.01 Å². The molecule has 0 spiro atoms. The van der Waals surface area contributed by atoms with Crippen LogP contribution in [0.3, 0.4) is 0 Å². The lowest BCUT2D eigenvalue weighted by molar-refractivity contribution is -0.131. The van der Waals surface area contributed by atoms with E-state index in [-0.39, 0.29) is 19.2 Å². The molecule has 2 fully saturated rings. The van der Waals surface area contributed by atoms with Crippen molar-refractivity contribution in [3.8, 4) is 17.3 Å². The first-order valence-electron chi connectivity index (χ1n) is 11.6. The lowest BCUT2D eigenvalue weighted by Crippen LogP contribution is -2.48. The molecule has 3 N–H and O–H groups in total. The summed E-state index contributed by atoms with van der Waals surface area (Å²) in [7, 11) is -3.17. The number of aliphatic hydroxyl groups excluding tert-OH is 2. The highest BCUT2D eigenvalue weighted by Crippen LogP contribution is 2.31. The lowest BCUT2D eigenvalue weighted by Gasteiger charge is -2.34. The van der Waals surface area contributed by atoms with E-state index in [1.165, 1.54) is 10.6 Å². The van der Waals surface area contributed by atoms with Gasteiger partial charge >= 0.3 is 0 Å². The maximum absolute atomic E-state index is 11.7. The summed E-state index contributed by atoms with van der Waals surface area (Å²) in [6, 6.07) is 9.80. The SMILES string of the molecule is CS(=O)(=O)N1CCN(c2ccc(-c3nc4nc(OC5COC(CO)C(O)C5)[nH]c4cc3Cl)cc2)CC1. The number of aliphatic hydroxyl groups is 2. The van der Waals surface area contributed by atoms with Gasteiger partial charge in [-0.1, -0.05) is 23.7 Å². The van der Waals surface area contributed by atoms with Gasteiger partial charge in [0.15, 0.2) is 5.65 Å². The Balaban J connectivity index is 1.29. The summed E-state index contributed by atoms with van der Waals surface area (Å²) in [6.07, 6.45) is -0.278. The fourth-order valence-corrected chi connectivity index (χ4v) is 5.59. The minimum Gasteiger partial charge on any atom is -0.459 e. The van der Waals surface area contributed by atoms with Crippen LogP contribution in [0.1, 0.15) is 6.42 Å². The van der Waals surface area contributed by atoms with Crippen molar-refractivity contribution in [1.29, 1.82) is 0 Å². The minimum absolute atomic E-state index is 0.231. The van der Waals surface area contributed by atoms with E-state index in [1.54, 1.807) is 6.07 Å². The largest absolute Gasteiger partial charge is 0.459 e. The number of sulfonamides is 1. The Labute approximate surface area is 213 Å². The number of H-pyrrole nitrogens is 1. The fraction of sp³-hybridized carbons (Fsp3) is 0.478. The highest BCUT2D eigenvalue weighted by atomic mass is 35.5. The molecular weight excluding hydrogens is 510 g/mol. The van der Waals surface area contributed by atoms with Gasteiger partial charge < -0.3 is 29.6 Å². The van der Waals surface area contributed by atoms with Crippen LogP contribution < -0.4 is 9.64 Å². The van der Waals surface area contributed by atoms with Crippen LogP contribution in [-0.4, -0.2) is 102 Å². The molecule has 1 aromatic carbocycles. The number of hydrogen-bond donors (Lipinski definition) is 3. The molecule has 5 rings (SSSR count). The van der Waals surface area contributed by atoms with Crippen molar-refractivity contribution < 1.29 is 28.1 Å². The molecule has 0 saturated carbocycles. The maximum Gasteiger partial charge on any atom is 0.296 e. The summed E-state index contributed by atoms with van der Waals surface area (Å²) in [6.45, 7) is 2.15. The third-order valence-electron chi connectivity index (χ3n) is 6.51. The van der Waals surface area contributed by atoms with Crippen LogP contribution >= 0.6 is 11.6 Å². The molecular formula is C23H28ClN5O6S. The zero-order valence-electron chi connectivity index (χ0n) is 19.7. The Hall–Kier alpha value is -2.48. The molecule has 3 unspecified atom stereocenters. The number of anilines is 1. The number of benzene rings is 1. The molecule has 2 aliphatic rings. The summed E-state index contributed by atoms with van der Waals surface area (Å²) >= 11 is 6.54. The van der Waals surface area contributed by atoms with Crippen LogP contribution in [0.4, 0.5) is 5.69 Å². The van der Waals surface area contributed by atoms with Crippen LogP contribution in [-0.2, 0) is 14.8 Å². The molecule has 2 aromatic heterocycles. The smallest absolute Gasteiger partial charge is 0.296 e. The van der Waals surface area contributed by atoms with Crippen molar-refractivity contribution in [3.05, 3.63) is 35.4 Å². The van der Waals surface area contributed by atoms with E-state index >= 15 is 0 Å². The van der Waals surface area contributed by atoms with E-state index in [0.29, 0.717) is 54.5 Å². The molecule has 2 aliphatic heterocycles. The van der Waals surface area contributed by atoms with Gasteiger partial charge in [-0.3, -0.25) is 0 Å². The summed E-state index contributed by atoms with van der Waals surface area (Å²) in [5.41, 5.74) is 3.46. The standard InChI is InChI=1S/C23H28ClN5O6S/c1-36(32,33)29-8-6-28(7-9-29)15-4-2-14(3-5-15)21-17(24)11-18-22(26-21)27-23(25-18)35-16-10-19(31)20(12-30)34-13-16/h2-5,11,16,19-20,30-31H,6-10,12-13H2,1H3,(H,25,26,27). The molecule has 0 radical (unpaired) electrons. The van der Waals surface area contributed by atoms with Crippen LogP contribution in [0.25, 0.3) is 22.4 Å². The molecule has 0 aliphatic carbocycles. The molecule has 3 atom stereocenters. The zero-order valence-corrected chi connectivity index (χ0v) is 21.2. The topological polar surface area (TPSA) is 141 Å². The molecule has 2 saturated heterocycles. The minimum atomic E-state index is -3.17. The van der Waals surface area contributed by atoms with Gasteiger partial charge in [-0.2, -0.15) is 9.29 Å². The van der Waals surface area contributed by atoms with Crippen LogP contribution in [0.5, 0.6) is 6.01 Å². The second kappa shape index (κ2) is 10.1. The van der Waals surface area contributed by atoms with E-state index in [4.69, 9.17) is 21.1 Å². The average Bonchev–Trinajstić information content (AvgIpc) is 3.24. The molecule has 194 valence electrons. The Morgan fingerprint density at radius 1 is 1.19 bits per heavy atom. The van der Waals surface area contributed by atoms with Gasteiger partial charge in [0.2, 0.25) is 10.0 Å². The van der Waals surface area contributed by atoms with Crippen LogP contribution in [0.15, 0.2) is 30.3 Å². The maximum atomic E-state index is 11.7. The monoisotopic (exact) mass is 537 g/mol. The van der Waals surface area contributed by atoms with Crippen molar-refractivity contribution in [3.63, 3.8) is 0 Å². The number of aromatic nitrogens is 3.